The molecule has 1 saturated heterocycles. The Labute approximate surface area is 256 Å². The maximum absolute atomic E-state index is 13.8. The van der Waals surface area contributed by atoms with E-state index in [0.717, 1.165) is 56.8 Å². The number of anilines is 2. The van der Waals surface area contributed by atoms with Crippen molar-refractivity contribution in [1.82, 2.24) is 4.57 Å². The van der Waals surface area contributed by atoms with Crippen molar-refractivity contribution < 1.29 is 40.7 Å². The molecule has 7 nitrogen and oxygen atoms in total. The predicted octanol–water partition coefficient (Wildman–Crippen LogP) is 6.44. The van der Waals surface area contributed by atoms with E-state index in [1.54, 1.807) is 17.5 Å². The molecule has 2 aliphatic heterocycles. The third-order valence-electron chi connectivity index (χ3n) is 7.14. The van der Waals surface area contributed by atoms with Crippen LogP contribution in [0.5, 0.6) is 0 Å². The predicted molar refractivity (Wildman–Crippen MR) is 152 cm³/mol. The van der Waals surface area contributed by atoms with E-state index in [4.69, 9.17) is 0 Å². The van der Waals surface area contributed by atoms with Gasteiger partial charge < -0.3 is 5.32 Å². The Morgan fingerprint density at radius 3 is 2.32 bits per heavy atom. The highest BCUT2D eigenvalue weighted by atomic mass is 32.2. The molecule has 1 N–H and O–H groups in total. The number of thioether (sulfide) groups is 1. The Kier molecular flexibility index (Phi) is 7.49. The summed E-state index contributed by atoms with van der Waals surface area (Å²) in [6.07, 6.45) is -9.47. The number of carbonyl (C=O) groups is 3. The summed E-state index contributed by atoms with van der Waals surface area (Å²) < 4.78 is 81.6. The van der Waals surface area contributed by atoms with E-state index in [9.17, 15) is 45.5 Å². The number of imide groups is 1. The van der Waals surface area contributed by atoms with Crippen molar-refractivity contribution >= 4 is 63.5 Å². The van der Waals surface area contributed by atoms with Gasteiger partial charge in [-0.05, 0) is 41.8 Å². The summed E-state index contributed by atoms with van der Waals surface area (Å²) >= 11 is 2.82. The molecule has 0 spiro atoms. The van der Waals surface area contributed by atoms with Crippen LogP contribution in [0.3, 0.4) is 0 Å². The van der Waals surface area contributed by atoms with E-state index in [2.05, 4.69) is 5.32 Å². The van der Waals surface area contributed by atoms with Gasteiger partial charge in [0.25, 0.3) is 0 Å². The van der Waals surface area contributed by atoms with Gasteiger partial charge in [0.2, 0.25) is 17.7 Å². The van der Waals surface area contributed by atoms with Gasteiger partial charge in [-0.15, -0.1) is 11.3 Å². The molecule has 0 saturated carbocycles. The maximum atomic E-state index is 13.8. The zero-order valence-corrected chi connectivity index (χ0v) is 24.3. The van der Waals surface area contributed by atoms with Crippen LogP contribution in [-0.4, -0.2) is 27.5 Å². The van der Waals surface area contributed by atoms with Crippen LogP contribution in [-0.2, 0) is 33.3 Å². The minimum Gasteiger partial charge on any atom is -0.324 e. The normalized spacial score (nSPS) is 20.0. The number of aromatic nitrogens is 1. The van der Waals surface area contributed by atoms with Crippen LogP contribution in [0.1, 0.15) is 26.8 Å². The number of nitrogens with one attached hydrogen (secondary N) is 1. The van der Waals surface area contributed by atoms with E-state index >= 15 is 0 Å². The van der Waals surface area contributed by atoms with Gasteiger partial charge in [-0.1, -0.05) is 47.4 Å². The topological polar surface area (TPSA) is 88.5 Å². The molecule has 0 radical (unpaired) electrons. The second-order valence-electron chi connectivity index (χ2n) is 9.83. The summed E-state index contributed by atoms with van der Waals surface area (Å²) in [5.41, 5.74) is -2.87. The molecule has 228 valence electrons. The first-order valence-corrected chi connectivity index (χ1v) is 15.3. The summed E-state index contributed by atoms with van der Waals surface area (Å²) in [4.78, 5) is 54.7. The Balaban J connectivity index is 1.37. The lowest BCUT2D eigenvalue weighted by atomic mass is 9.87. The maximum Gasteiger partial charge on any atom is 0.418 e. The lowest BCUT2D eigenvalue weighted by Gasteiger charge is -2.29. The molecule has 2 aromatic carbocycles. The van der Waals surface area contributed by atoms with Gasteiger partial charge in [-0.25, -0.2) is 4.90 Å². The van der Waals surface area contributed by atoms with Gasteiger partial charge in [0, 0.05) is 15.7 Å². The van der Waals surface area contributed by atoms with Crippen molar-refractivity contribution in [1.29, 1.82) is 0 Å². The molecule has 0 bridgehead atoms. The number of para-hydroxylation sites is 1. The largest absolute Gasteiger partial charge is 0.418 e. The Hall–Kier alpha value is -3.89. The number of hydrogen-bond donors (Lipinski definition) is 1. The van der Waals surface area contributed by atoms with Crippen LogP contribution >= 0.6 is 34.4 Å². The second-order valence-corrected chi connectivity index (χ2v) is 12.9. The minimum absolute atomic E-state index is 0.186. The molecule has 2 aromatic heterocycles. The molecule has 2 aliphatic rings. The number of amides is 3. The zero-order chi connectivity index (χ0) is 31.6. The van der Waals surface area contributed by atoms with Gasteiger partial charge in [0.15, 0.2) is 0 Å². The highest BCUT2D eigenvalue weighted by Gasteiger charge is 2.57. The number of thiophene rings is 1. The number of hydrogen-bond acceptors (Lipinski definition) is 7. The monoisotopic (exact) mass is 669 g/mol. The van der Waals surface area contributed by atoms with Gasteiger partial charge in [0.1, 0.15) is 11.8 Å². The highest BCUT2D eigenvalue weighted by molar-refractivity contribution is 8.00. The summed E-state index contributed by atoms with van der Waals surface area (Å²) in [6, 6.07) is 11.6. The van der Waals surface area contributed by atoms with Crippen LogP contribution in [0.15, 0.2) is 75.9 Å². The molecule has 3 amide bonds. The Morgan fingerprint density at radius 1 is 0.886 bits per heavy atom. The zero-order valence-electron chi connectivity index (χ0n) is 21.8. The number of rotatable bonds is 5. The van der Waals surface area contributed by atoms with Crippen LogP contribution in [0, 0.1) is 5.92 Å². The molecule has 16 heteroatoms. The van der Waals surface area contributed by atoms with Gasteiger partial charge in [0.05, 0.1) is 33.4 Å². The van der Waals surface area contributed by atoms with Gasteiger partial charge in [-0.2, -0.15) is 26.3 Å². The summed E-state index contributed by atoms with van der Waals surface area (Å²) in [7, 11) is 0. The molecule has 6 rings (SSSR count). The SMILES string of the molecule is O=C(Cn1c2c(sc1=O)[C@@H](c1cccs1)[C@@H]1C(=O)N(c3cccc(C(F)(F)F)c3)C(=O)[C@@H]1S2)Nc1ccccc1C(F)(F)F. The average Bonchev–Trinajstić information content (AvgIpc) is 3.65. The Morgan fingerprint density at radius 2 is 1.64 bits per heavy atom. The van der Waals surface area contributed by atoms with Crippen molar-refractivity contribution in [2.75, 3.05) is 10.2 Å². The summed E-state index contributed by atoms with van der Waals surface area (Å²) in [5, 5.41) is 2.96. The average molecular weight is 670 g/mol. The van der Waals surface area contributed by atoms with Crippen molar-refractivity contribution in [3.05, 3.63) is 96.6 Å². The van der Waals surface area contributed by atoms with Crippen molar-refractivity contribution in [3.63, 3.8) is 0 Å². The lowest BCUT2D eigenvalue weighted by Crippen LogP contribution is -2.32. The first-order chi connectivity index (χ1) is 20.8. The molecule has 4 aromatic rings. The standard InChI is InChI=1S/C28H17F6N3O4S3/c29-27(30,31)13-5-3-6-14(11-13)37-23(39)20-19(17-9-4-10-42-17)22-25(43-21(20)24(37)40)36(26(41)44-22)12-18(38)35-16-8-2-1-7-15(16)28(32,33)34/h1-11,19-21H,12H2,(H,35,38)/t19-,20-,21+/m0/s1. The summed E-state index contributed by atoms with van der Waals surface area (Å²) in [6.45, 7) is -0.683. The Bertz CT molecular complexity index is 1850. The van der Waals surface area contributed by atoms with E-state index < -0.39 is 75.4 Å². The minimum atomic E-state index is -4.75. The first kappa shape index (κ1) is 30.1. The fourth-order valence-corrected chi connectivity index (χ4v) is 9.00. The van der Waals surface area contributed by atoms with E-state index in [0.29, 0.717) is 15.8 Å². The molecule has 4 heterocycles. The number of carbonyl (C=O) groups excluding carboxylic acids is 3. The molecule has 3 atom stereocenters. The number of fused-ring (bicyclic) bond motifs is 2. The number of halogens is 6. The van der Waals surface area contributed by atoms with Crippen LogP contribution in [0.2, 0.25) is 0 Å². The third kappa shape index (κ3) is 5.24. The molecule has 1 fully saturated rings. The molecule has 44 heavy (non-hydrogen) atoms. The number of alkyl halides is 6. The quantitative estimate of drug-likeness (QED) is 0.195. The van der Waals surface area contributed by atoms with Crippen molar-refractivity contribution in [2.24, 2.45) is 5.92 Å². The number of nitrogens with zero attached hydrogens (tertiary/aromatic N) is 2. The third-order valence-corrected chi connectivity index (χ3v) is 10.7. The highest BCUT2D eigenvalue weighted by Crippen LogP contribution is 2.54. The summed E-state index contributed by atoms with van der Waals surface area (Å²) in [5.74, 6) is -4.34. The van der Waals surface area contributed by atoms with E-state index in [1.807, 2.05) is 0 Å². The lowest BCUT2D eigenvalue weighted by molar-refractivity contribution is -0.138. The van der Waals surface area contributed by atoms with Gasteiger partial charge in [-0.3, -0.25) is 23.7 Å². The number of benzene rings is 2. The molecule has 0 unspecified atom stereocenters. The number of thiazole rings is 1. The van der Waals surface area contributed by atoms with Crippen LogP contribution in [0.25, 0.3) is 0 Å². The van der Waals surface area contributed by atoms with Gasteiger partial charge >= 0.3 is 17.2 Å². The van der Waals surface area contributed by atoms with Crippen LogP contribution < -0.4 is 15.1 Å². The van der Waals surface area contributed by atoms with Crippen LogP contribution in [0.4, 0.5) is 37.7 Å². The van der Waals surface area contributed by atoms with Crippen molar-refractivity contribution in [3.8, 4) is 0 Å². The van der Waals surface area contributed by atoms with E-state index in [-0.39, 0.29) is 10.7 Å². The van der Waals surface area contributed by atoms with Crippen molar-refractivity contribution in [2.45, 2.75) is 35.1 Å². The molecule has 0 aliphatic carbocycles. The van der Waals surface area contributed by atoms with E-state index in [1.165, 1.54) is 29.5 Å². The fourth-order valence-electron chi connectivity index (χ4n) is 5.28. The second kappa shape index (κ2) is 10.9. The fraction of sp³-hybridized carbons (Fsp3) is 0.214. The first-order valence-electron chi connectivity index (χ1n) is 12.7. The smallest absolute Gasteiger partial charge is 0.324 e. The molecular weight excluding hydrogens is 653 g/mol. The molecular formula is C28H17F6N3O4S3.